The maximum Gasteiger partial charge on any atom is 0.272 e. The molecule has 0 aliphatic carbocycles. The van der Waals surface area contributed by atoms with Crippen molar-refractivity contribution >= 4 is 17.2 Å². The van der Waals surface area contributed by atoms with E-state index in [1.54, 1.807) is 17.4 Å². The molecule has 1 amide bonds. The van der Waals surface area contributed by atoms with Crippen LogP contribution in [-0.4, -0.2) is 28.8 Å². The molecule has 3 heterocycles. The van der Waals surface area contributed by atoms with Crippen LogP contribution in [0.4, 0.5) is 0 Å². The molecule has 3 rings (SSSR count). The molecule has 1 saturated heterocycles. The van der Waals surface area contributed by atoms with Crippen LogP contribution < -0.4 is 10.6 Å². The Morgan fingerprint density at radius 2 is 2.48 bits per heavy atom. The van der Waals surface area contributed by atoms with Crippen LogP contribution in [0, 0.1) is 0 Å². The Kier molecular flexibility index (Phi) is 4.36. The van der Waals surface area contributed by atoms with Crippen LogP contribution in [0.3, 0.4) is 0 Å². The van der Waals surface area contributed by atoms with Crippen molar-refractivity contribution < 1.29 is 4.79 Å². The zero-order chi connectivity index (χ0) is 14.7. The van der Waals surface area contributed by atoms with E-state index >= 15 is 0 Å². The lowest BCUT2D eigenvalue weighted by molar-refractivity contribution is 0.0934. The maximum atomic E-state index is 12.2. The lowest BCUT2D eigenvalue weighted by Gasteiger charge is -2.22. The van der Waals surface area contributed by atoms with Gasteiger partial charge in [-0.3, -0.25) is 9.48 Å². The predicted octanol–water partition coefficient (Wildman–Crippen LogP) is 2.36. The third kappa shape index (κ3) is 3.33. The predicted molar refractivity (Wildman–Crippen MR) is 83.6 cm³/mol. The summed E-state index contributed by atoms with van der Waals surface area (Å²) in [6.45, 7) is 3.99. The quantitative estimate of drug-likeness (QED) is 0.911. The Labute approximate surface area is 128 Å². The molecule has 1 aliphatic heterocycles. The molecular formula is C15H20N4OS. The van der Waals surface area contributed by atoms with Crippen molar-refractivity contribution in [2.75, 3.05) is 13.1 Å². The van der Waals surface area contributed by atoms with Crippen molar-refractivity contribution in [3.63, 3.8) is 0 Å². The SMILES string of the molecule is C[C@H](NC(=O)c1ccn([C@@H]2CCCNC2)n1)c1cccs1. The zero-order valence-electron chi connectivity index (χ0n) is 12.1. The van der Waals surface area contributed by atoms with Crippen LogP contribution >= 0.6 is 11.3 Å². The summed E-state index contributed by atoms with van der Waals surface area (Å²) in [5, 5.41) is 12.8. The summed E-state index contributed by atoms with van der Waals surface area (Å²) in [6, 6.07) is 6.19. The van der Waals surface area contributed by atoms with Gasteiger partial charge in [0.25, 0.3) is 5.91 Å². The van der Waals surface area contributed by atoms with Gasteiger partial charge in [0, 0.05) is 17.6 Å². The molecule has 0 aromatic carbocycles. The fourth-order valence-electron chi connectivity index (χ4n) is 2.60. The lowest BCUT2D eigenvalue weighted by Crippen LogP contribution is -2.32. The zero-order valence-corrected chi connectivity index (χ0v) is 12.9. The van der Waals surface area contributed by atoms with Crippen LogP contribution in [0.15, 0.2) is 29.8 Å². The number of rotatable bonds is 4. The Bertz CT molecular complexity index is 587. The fraction of sp³-hybridized carbons (Fsp3) is 0.467. The van der Waals surface area contributed by atoms with Gasteiger partial charge in [-0.1, -0.05) is 6.07 Å². The standard InChI is InChI=1S/C15H20N4OS/c1-11(14-5-3-9-21-14)17-15(20)13-6-8-19(18-13)12-4-2-7-16-10-12/h3,5-6,8-9,11-12,16H,2,4,7,10H2,1H3,(H,17,20)/t11-,12+/m0/s1. The second kappa shape index (κ2) is 6.41. The molecule has 2 atom stereocenters. The highest BCUT2D eigenvalue weighted by molar-refractivity contribution is 7.10. The average molecular weight is 304 g/mol. The minimum absolute atomic E-state index is 0.0130. The van der Waals surface area contributed by atoms with Crippen LogP contribution in [0.5, 0.6) is 0 Å². The van der Waals surface area contributed by atoms with Gasteiger partial charge in [-0.2, -0.15) is 5.10 Å². The molecule has 2 aromatic rings. The average Bonchev–Trinajstić information content (AvgIpc) is 3.20. The number of piperidine rings is 1. The van der Waals surface area contributed by atoms with Crippen molar-refractivity contribution in [1.29, 1.82) is 0 Å². The van der Waals surface area contributed by atoms with Crippen molar-refractivity contribution in [3.8, 4) is 0 Å². The van der Waals surface area contributed by atoms with Crippen molar-refractivity contribution in [2.24, 2.45) is 0 Å². The topological polar surface area (TPSA) is 59.0 Å². The van der Waals surface area contributed by atoms with Crippen LogP contribution in [0.25, 0.3) is 0 Å². The smallest absolute Gasteiger partial charge is 0.272 e. The summed E-state index contributed by atoms with van der Waals surface area (Å²) in [5.74, 6) is -0.113. The summed E-state index contributed by atoms with van der Waals surface area (Å²) in [6.07, 6.45) is 4.17. The van der Waals surface area contributed by atoms with Gasteiger partial charge in [0.2, 0.25) is 0 Å². The summed E-state index contributed by atoms with van der Waals surface area (Å²) >= 11 is 1.65. The first-order chi connectivity index (χ1) is 10.2. The maximum absolute atomic E-state index is 12.2. The molecule has 6 heteroatoms. The molecule has 2 N–H and O–H groups in total. The minimum atomic E-state index is -0.113. The van der Waals surface area contributed by atoms with Crippen LogP contribution in [-0.2, 0) is 0 Å². The molecule has 0 spiro atoms. The van der Waals surface area contributed by atoms with Gasteiger partial charge in [0.05, 0.1) is 12.1 Å². The van der Waals surface area contributed by atoms with E-state index in [9.17, 15) is 4.79 Å². The number of hydrogen-bond donors (Lipinski definition) is 2. The molecule has 5 nitrogen and oxygen atoms in total. The molecule has 0 bridgehead atoms. The highest BCUT2D eigenvalue weighted by Crippen LogP contribution is 2.19. The van der Waals surface area contributed by atoms with E-state index in [0.717, 1.165) is 30.8 Å². The van der Waals surface area contributed by atoms with E-state index < -0.39 is 0 Å². The Morgan fingerprint density at radius 1 is 1.57 bits per heavy atom. The van der Waals surface area contributed by atoms with E-state index in [1.165, 1.54) is 0 Å². The first kappa shape index (κ1) is 14.3. The van der Waals surface area contributed by atoms with E-state index in [1.807, 2.05) is 35.3 Å². The number of amides is 1. The largest absolute Gasteiger partial charge is 0.343 e. The minimum Gasteiger partial charge on any atom is -0.343 e. The van der Waals surface area contributed by atoms with E-state index in [4.69, 9.17) is 0 Å². The monoisotopic (exact) mass is 304 g/mol. The molecular weight excluding hydrogens is 284 g/mol. The van der Waals surface area contributed by atoms with E-state index in [0.29, 0.717) is 11.7 Å². The molecule has 21 heavy (non-hydrogen) atoms. The molecule has 1 aliphatic rings. The summed E-state index contributed by atoms with van der Waals surface area (Å²) in [4.78, 5) is 13.4. The Balaban J connectivity index is 1.63. The van der Waals surface area contributed by atoms with Crippen molar-refractivity contribution in [2.45, 2.75) is 31.8 Å². The first-order valence-electron chi connectivity index (χ1n) is 7.34. The van der Waals surface area contributed by atoms with E-state index in [-0.39, 0.29) is 11.9 Å². The van der Waals surface area contributed by atoms with Gasteiger partial charge in [0.1, 0.15) is 5.69 Å². The highest BCUT2D eigenvalue weighted by atomic mass is 32.1. The molecule has 2 aromatic heterocycles. The van der Waals surface area contributed by atoms with Crippen LogP contribution in [0.2, 0.25) is 0 Å². The van der Waals surface area contributed by atoms with Gasteiger partial charge >= 0.3 is 0 Å². The fourth-order valence-corrected chi connectivity index (χ4v) is 3.34. The summed E-state index contributed by atoms with van der Waals surface area (Å²) < 4.78 is 1.91. The number of thiophene rings is 1. The molecule has 112 valence electrons. The van der Waals surface area contributed by atoms with Gasteiger partial charge in [0.15, 0.2) is 0 Å². The Hall–Kier alpha value is -1.66. The number of nitrogens with zero attached hydrogens (tertiary/aromatic N) is 2. The van der Waals surface area contributed by atoms with Gasteiger partial charge < -0.3 is 10.6 Å². The summed E-state index contributed by atoms with van der Waals surface area (Å²) in [5.41, 5.74) is 0.490. The second-order valence-corrected chi connectivity index (χ2v) is 6.37. The summed E-state index contributed by atoms with van der Waals surface area (Å²) in [7, 11) is 0. The lowest BCUT2D eigenvalue weighted by atomic mass is 10.1. The molecule has 1 fully saturated rings. The number of aromatic nitrogens is 2. The van der Waals surface area contributed by atoms with Crippen molar-refractivity contribution in [1.82, 2.24) is 20.4 Å². The number of nitrogens with one attached hydrogen (secondary N) is 2. The number of hydrogen-bond acceptors (Lipinski definition) is 4. The van der Waals surface area contributed by atoms with Gasteiger partial charge in [-0.05, 0) is 43.8 Å². The van der Waals surface area contributed by atoms with Crippen LogP contribution in [0.1, 0.15) is 47.2 Å². The first-order valence-corrected chi connectivity index (χ1v) is 8.22. The molecule has 0 radical (unpaired) electrons. The highest BCUT2D eigenvalue weighted by Gasteiger charge is 2.19. The Morgan fingerprint density at radius 3 is 3.19 bits per heavy atom. The third-order valence-electron chi connectivity index (χ3n) is 3.80. The number of carbonyl (C=O) groups is 1. The van der Waals surface area contributed by atoms with Crippen molar-refractivity contribution in [3.05, 3.63) is 40.3 Å². The molecule has 0 unspecified atom stereocenters. The van der Waals surface area contributed by atoms with Gasteiger partial charge in [-0.25, -0.2) is 0 Å². The number of carbonyl (C=O) groups excluding carboxylic acids is 1. The van der Waals surface area contributed by atoms with Gasteiger partial charge in [-0.15, -0.1) is 11.3 Å². The molecule has 0 saturated carbocycles. The second-order valence-electron chi connectivity index (χ2n) is 5.39. The van der Waals surface area contributed by atoms with E-state index in [2.05, 4.69) is 15.7 Å². The third-order valence-corrected chi connectivity index (χ3v) is 4.86. The normalized spacial score (nSPS) is 20.1.